The fraction of sp³-hybridized carbons (Fsp3) is 0.650. The lowest BCUT2D eigenvalue weighted by atomic mass is 9.91. The quantitative estimate of drug-likeness (QED) is 0.842. The van der Waals surface area contributed by atoms with E-state index in [1.165, 1.54) is 18.4 Å². The zero-order valence-electron chi connectivity index (χ0n) is 15.3. The Bertz CT molecular complexity index is 554. The van der Waals surface area contributed by atoms with E-state index in [1.807, 2.05) is 41.8 Å². The van der Waals surface area contributed by atoms with Gasteiger partial charge in [0.15, 0.2) is 0 Å². The number of nitrogens with zero attached hydrogens (tertiary/aromatic N) is 1. The summed E-state index contributed by atoms with van der Waals surface area (Å²) in [4.78, 5) is 14.7. The fourth-order valence-corrected chi connectivity index (χ4v) is 4.82. The lowest BCUT2D eigenvalue weighted by Crippen LogP contribution is -2.53. The molecule has 1 saturated carbocycles. The molecule has 1 aliphatic carbocycles. The van der Waals surface area contributed by atoms with Crippen LogP contribution in [0.2, 0.25) is 0 Å². The molecular weight excluding hydrogens is 332 g/mol. The molecule has 2 fully saturated rings. The Hall–Kier alpha value is -1.04. The second-order valence-electron chi connectivity index (χ2n) is 7.12. The lowest BCUT2D eigenvalue weighted by Gasteiger charge is -2.35. The number of benzene rings is 1. The van der Waals surface area contributed by atoms with Crippen molar-refractivity contribution in [2.24, 2.45) is 0 Å². The number of rotatable bonds is 6. The number of carbonyl (C=O) groups excluding carboxylic acids is 1. The van der Waals surface area contributed by atoms with Crippen molar-refractivity contribution in [2.75, 3.05) is 12.3 Å². The predicted octanol–water partition coefficient (Wildman–Crippen LogP) is 3.41. The third-order valence-electron chi connectivity index (χ3n) is 5.26. The van der Waals surface area contributed by atoms with E-state index < -0.39 is 0 Å². The molecule has 0 spiro atoms. The van der Waals surface area contributed by atoms with E-state index in [2.05, 4.69) is 24.4 Å². The number of hydrogen-bond donors (Lipinski definition) is 1. The molecule has 4 nitrogen and oxygen atoms in total. The molecule has 2 aliphatic rings. The van der Waals surface area contributed by atoms with E-state index in [9.17, 15) is 4.79 Å². The van der Waals surface area contributed by atoms with E-state index in [0.717, 1.165) is 25.1 Å². The van der Waals surface area contributed by atoms with Gasteiger partial charge < -0.3 is 15.0 Å². The molecule has 0 aromatic heterocycles. The summed E-state index contributed by atoms with van der Waals surface area (Å²) >= 11 is 1.86. The number of carbonyl (C=O) groups is 1. The van der Waals surface area contributed by atoms with Crippen LogP contribution in [-0.2, 0) is 16.1 Å². The first-order valence-electron chi connectivity index (χ1n) is 9.49. The predicted molar refractivity (Wildman–Crippen MR) is 104 cm³/mol. The average molecular weight is 363 g/mol. The topological polar surface area (TPSA) is 41.6 Å². The second-order valence-corrected chi connectivity index (χ2v) is 8.54. The molecule has 1 aromatic carbocycles. The van der Waals surface area contributed by atoms with Gasteiger partial charge in [-0.25, -0.2) is 0 Å². The van der Waals surface area contributed by atoms with Crippen LogP contribution in [0.25, 0.3) is 0 Å². The molecule has 1 heterocycles. The summed E-state index contributed by atoms with van der Waals surface area (Å²) in [5, 5.41) is 3.88. The Morgan fingerprint density at radius 3 is 2.80 bits per heavy atom. The van der Waals surface area contributed by atoms with Gasteiger partial charge in [0, 0.05) is 18.3 Å². The van der Waals surface area contributed by atoms with Gasteiger partial charge in [0.2, 0.25) is 5.91 Å². The van der Waals surface area contributed by atoms with Gasteiger partial charge in [-0.1, -0.05) is 43.2 Å². The summed E-state index contributed by atoms with van der Waals surface area (Å²) in [6, 6.07) is 10.4. The van der Waals surface area contributed by atoms with Crippen LogP contribution in [0, 0.1) is 0 Å². The molecule has 5 heteroatoms. The van der Waals surface area contributed by atoms with Crippen molar-refractivity contribution < 1.29 is 9.53 Å². The molecule has 4 atom stereocenters. The SMILES string of the molecule is CC(N[C@H]1CCCC[C@@H]1OCc1ccccc1)C(=O)N1CCSC1C. The van der Waals surface area contributed by atoms with Gasteiger partial charge in [-0.15, -0.1) is 11.8 Å². The summed E-state index contributed by atoms with van der Waals surface area (Å²) in [7, 11) is 0. The van der Waals surface area contributed by atoms with E-state index in [4.69, 9.17) is 4.74 Å². The molecule has 1 aliphatic heterocycles. The monoisotopic (exact) mass is 362 g/mol. The Labute approximate surface area is 155 Å². The number of hydrogen-bond acceptors (Lipinski definition) is 4. The molecule has 1 amide bonds. The van der Waals surface area contributed by atoms with Crippen molar-refractivity contribution in [3.8, 4) is 0 Å². The zero-order chi connectivity index (χ0) is 17.6. The van der Waals surface area contributed by atoms with Gasteiger partial charge in [-0.2, -0.15) is 0 Å². The molecule has 1 aromatic rings. The molecule has 1 saturated heterocycles. The van der Waals surface area contributed by atoms with E-state index in [-0.39, 0.29) is 24.1 Å². The highest BCUT2D eigenvalue weighted by molar-refractivity contribution is 8.00. The van der Waals surface area contributed by atoms with Crippen molar-refractivity contribution in [2.45, 2.75) is 69.7 Å². The summed E-state index contributed by atoms with van der Waals surface area (Å²) in [6.07, 6.45) is 4.76. The molecule has 25 heavy (non-hydrogen) atoms. The maximum absolute atomic E-state index is 12.7. The van der Waals surface area contributed by atoms with Crippen LogP contribution in [0.15, 0.2) is 30.3 Å². The largest absolute Gasteiger partial charge is 0.372 e. The summed E-state index contributed by atoms with van der Waals surface area (Å²) in [5.74, 6) is 1.27. The highest BCUT2D eigenvalue weighted by atomic mass is 32.2. The van der Waals surface area contributed by atoms with Gasteiger partial charge in [-0.05, 0) is 32.3 Å². The molecule has 2 unspecified atom stereocenters. The molecule has 0 radical (unpaired) electrons. The number of ether oxygens (including phenoxy) is 1. The van der Waals surface area contributed by atoms with Crippen LogP contribution < -0.4 is 5.32 Å². The minimum absolute atomic E-state index is 0.146. The minimum atomic E-state index is -0.146. The van der Waals surface area contributed by atoms with Crippen LogP contribution in [0.1, 0.15) is 45.1 Å². The standard InChI is InChI=1S/C20H30N2O2S/c1-15(20(23)22-12-13-25-16(22)2)21-18-10-6-7-11-19(18)24-14-17-8-4-3-5-9-17/h3-5,8-9,15-16,18-19,21H,6-7,10-14H2,1-2H3/t15?,16?,18-,19-/m0/s1. The van der Waals surface area contributed by atoms with Crippen LogP contribution in [-0.4, -0.2) is 46.7 Å². The van der Waals surface area contributed by atoms with Crippen molar-refractivity contribution in [3.05, 3.63) is 35.9 Å². The third kappa shape index (κ3) is 4.99. The van der Waals surface area contributed by atoms with Gasteiger partial charge in [0.1, 0.15) is 0 Å². The van der Waals surface area contributed by atoms with Crippen LogP contribution in [0.4, 0.5) is 0 Å². The van der Waals surface area contributed by atoms with Gasteiger partial charge in [0.05, 0.1) is 24.1 Å². The zero-order valence-corrected chi connectivity index (χ0v) is 16.1. The van der Waals surface area contributed by atoms with Crippen molar-refractivity contribution in [3.63, 3.8) is 0 Å². The third-order valence-corrected chi connectivity index (χ3v) is 6.41. The lowest BCUT2D eigenvalue weighted by molar-refractivity contribution is -0.133. The summed E-state index contributed by atoms with van der Waals surface area (Å²) in [6.45, 7) is 5.64. The smallest absolute Gasteiger partial charge is 0.240 e. The maximum atomic E-state index is 12.7. The van der Waals surface area contributed by atoms with Crippen molar-refractivity contribution >= 4 is 17.7 Å². The first-order valence-corrected chi connectivity index (χ1v) is 10.5. The number of nitrogens with one attached hydrogen (secondary N) is 1. The first kappa shape index (κ1) is 18.7. The molecule has 1 N–H and O–H groups in total. The second kappa shape index (κ2) is 9.06. The fourth-order valence-electron chi connectivity index (χ4n) is 3.79. The Balaban J connectivity index is 1.54. The average Bonchev–Trinajstić information content (AvgIpc) is 3.07. The van der Waals surface area contributed by atoms with E-state index in [1.54, 1.807) is 0 Å². The van der Waals surface area contributed by atoms with Gasteiger partial charge in [0.25, 0.3) is 0 Å². The normalized spacial score (nSPS) is 28.1. The molecular formula is C20H30N2O2S. The van der Waals surface area contributed by atoms with Crippen LogP contribution in [0.5, 0.6) is 0 Å². The maximum Gasteiger partial charge on any atom is 0.240 e. The minimum Gasteiger partial charge on any atom is -0.372 e. The molecule has 0 bridgehead atoms. The van der Waals surface area contributed by atoms with E-state index >= 15 is 0 Å². The van der Waals surface area contributed by atoms with Gasteiger partial charge >= 0.3 is 0 Å². The Morgan fingerprint density at radius 1 is 1.32 bits per heavy atom. The highest BCUT2D eigenvalue weighted by Gasteiger charge is 2.33. The first-order chi connectivity index (χ1) is 12.1. The molecule has 3 rings (SSSR count). The summed E-state index contributed by atoms with van der Waals surface area (Å²) < 4.78 is 6.22. The van der Waals surface area contributed by atoms with Gasteiger partial charge in [-0.3, -0.25) is 4.79 Å². The highest BCUT2D eigenvalue weighted by Crippen LogP contribution is 2.25. The van der Waals surface area contributed by atoms with Crippen LogP contribution >= 0.6 is 11.8 Å². The van der Waals surface area contributed by atoms with Crippen LogP contribution in [0.3, 0.4) is 0 Å². The van der Waals surface area contributed by atoms with Crippen molar-refractivity contribution in [1.82, 2.24) is 10.2 Å². The van der Waals surface area contributed by atoms with E-state index in [0.29, 0.717) is 12.0 Å². The number of amides is 1. The van der Waals surface area contributed by atoms with Crippen molar-refractivity contribution in [1.29, 1.82) is 0 Å². The molecule has 138 valence electrons. The Morgan fingerprint density at radius 2 is 2.08 bits per heavy atom. The summed E-state index contributed by atoms with van der Waals surface area (Å²) in [5.41, 5.74) is 1.21. The Kier molecular flexibility index (Phi) is 6.79. The number of thioether (sulfide) groups is 1.